The van der Waals surface area contributed by atoms with Crippen molar-refractivity contribution in [3.8, 4) is 5.75 Å². The number of fused-ring (bicyclic) bond motifs is 1. The molecule has 9 nitrogen and oxygen atoms in total. The van der Waals surface area contributed by atoms with Gasteiger partial charge >= 0.3 is 0 Å². The molecule has 0 spiro atoms. The molecule has 148 valence electrons. The molecule has 0 saturated carbocycles. The Morgan fingerprint density at radius 3 is 2.83 bits per heavy atom. The lowest BCUT2D eigenvalue weighted by atomic mass is 10.2. The predicted molar refractivity (Wildman–Crippen MR) is 107 cm³/mol. The Morgan fingerprint density at radius 2 is 2.03 bits per heavy atom. The minimum Gasteiger partial charge on any atom is -0.484 e. The summed E-state index contributed by atoms with van der Waals surface area (Å²) in [5.41, 5.74) is 0.588. The number of hydrogen-bond donors (Lipinski definition) is 0. The first kappa shape index (κ1) is 19.2. The van der Waals surface area contributed by atoms with Crippen LogP contribution in [-0.2, 0) is 17.9 Å². The number of non-ortho nitro benzene ring substituents is 1. The van der Waals surface area contributed by atoms with Gasteiger partial charge in [0.05, 0.1) is 22.2 Å². The zero-order valence-electron chi connectivity index (χ0n) is 14.9. The number of nitro groups is 1. The Balaban J connectivity index is 1.60. The Morgan fingerprint density at radius 1 is 1.21 bits per heavy atom. The molecule has 0 aliphatic carbocycles. The van der Waals surface area contributed by atoms with Crippen LogP contribution in [0.3, 0.4) is 0 Å². The van der Waals surface area contributed by atoms with Gasteiger partial charge in [0.25, 0.3) is 11.6 Å². The smallest absolute Gasteiger partial charge is 0.269 e. The van der Waals surface area contributed by atoms with Crippen molar-refractivity contribution in [1.29, 1.82) is 0 Å². The SMILES string of the molecule is O=C1CSc2nnc(COc3ccccc3Cl)n2N1Cc1cccc([N+](=O)[O-])c1. The molecule has 3 aromatic rings. The van der Waals surface area contributed by atoms with Crippen LogP contribution in [0.25, 0.3) is 0 Å². The fraction of sp³-hybridized carbons (Fsp3) is 0.167. The molecule has 2 heterocycles. The summed E-state index contributed by atoms with van der Waals surface area (Å²) in [5, 5.41) is 21.8. The lowest BCUT2D eigenvalue weighted by Crippen LogP contribution is -2.45. The number of para-hydroxylation sites is 1. The minimum atomic E-state index is -0.468. The van der Waals surface area contributed by atoms with Crippen molar-refractivity contribution < 1.29 is 14.5 Å². The van der Waals surface area contributed by atoms with E-state index in [0.717, 1.165) is 0 Å². The van der Waals surface area contributed by atoms with Crippen molar-refractivity contribution in [2.24, 2.45) is 0 Å². The van der Waals surface area contributed by atoms with Gasteiger partial charge in [0, 0.05) is 12.1 Å². The van der Waals surface area contributed by atoms with Crippen LogP contribution < -0.4 is 9.75 Å². The van der Waals surface area contributed by atoms with Crippen molar-refractivity contribution in [2.75, 3.05) is 10.8 Å². The van der Waals surface area contributed by atoms with E-state index in [4.69, 9.17) is 16.3 Å². The maximum Gasteiger partial charge on any atom is 0.269 e. The Hall–Kier alpha value is -3.11. The number of ether oxygens (including phenoxy) is 1. The quantitative estimate of drug-likeness (QED) is 0.436. The molecule has 0 N–H and O–H groups in total. The van der Waals surface area contributed by atoms with Crippen LogP contribution >= 0.6 is 23.4 Å². The Kier molecular flexibility index (Phi) is 5.36. The van der Waals surface area contributed by atoms with E-state index in [2.05, 4.69) is 10.2 Å². The standard InChI is InChI=1S/C18H14ClN5O4S/c19-14-6-1-2-7-15(14)28-10-16-20-21-18-23(16)22(17(25)11-29-18)9-12-4-3-5-13(8-12)24(26)27/h1-8H,9-11H2. The average Bonchev–Trinajstić information content (AvgIpc) is 3.13. The van der Waals surface area contributed by atoms with E-state index < -0.39 is 4.92 Å². The van der Waals surface area contributed by atoms with Gasteiger partial charge < -0.3 is 4.74 Å². The summed E-state index contributed by atoms with van der Waals surface area (Å²) in [6, 6.07) is 13.2. The molecular weight excluding hydrogens is 418 g/mol. The molecule has 0 saturated heterocycles. The van der Waals surface area contributed by atoms with Crippen molar-refractivity contribution in [1.82, 2.24) is 14.9 Å². The number of nitrogens with zero attached hydrogens (tertiary/aromatic N) is 5. The topological polar surface area (TPSA) is 103 Å². The highest BCUT2D eigenvalue weighted by atomic mass is 35.5. The monoisotopic (exact) mass is 431 g/mol. The number of amides is 1. The molecule has 0 fully saturated rings. The van der Waals surface area contributed by atoms with Crippen molar-refractivity contribution >= 4 is 35.0 Å². The van der Waals surface area contributed by atoms with Gasteiger partial charge in [-0.15, -0.1) is 10.2 Å². The summed E-state index contributed by atoms with van der Waals surface area (Å²) < 4.78 is 7.33. The van der Waals surface area contributed by atoms with Crippen LogP contribution in [0.5, 0.6) is 5.75 Å². The molecule has 0 bridgehead atoms. The lowest BCUT2D eigenvalue weighted by molar-refractivity contribution is -0.384. The summed E-state index contributed by atoms with van der Waals surface area (Å²) >= 11 is 7.39. The normalized spacial score (nSPS) is 13.3. The van der Waals surface area contributed by atoms with E-state index in [1.54, 1.807) is 41.1 Å². The summed E-state index contributed by atoms with van der Waals surface area (Å²) in [5.74, 6) is 0.962. The number of hydrogen-bond acceptors (Lipinski definition) is 7. The number of halogens is 1. The fourth-order valence-electron chi connectivity index (χ4n) is 2.83. The molecule has 0 radical (unpaired) electrons. The fourth-order valence-corrected chi connectivity index (χ4v) is 3.85. The lowest BCUT2D eigenvalue weighted by Gasteiger charge is -2.29. The third kappa shape index (κ3) is 4.03. The van der Waals surface area contributed by atoms with Crippen LogP contribution in [0, 0.1) is 10.1 Å². The number of nitro benzene ring substituents is 1. The predicted octanol–water partition coefficient (Wildman–Crippen LogP) is 3.19. The largest absolute Gasteiger partial charge is 0.484 e. The highest BCUT2D eigenvalue weighted by Crippen LogP contribution is 2.27. The second kappa shape index (κ2) is 8.10. The number of carbonyl (C=O) groups is 1. The minimum absolute atomic E-state index is 0.0346. The molecule has 11 heteroatoms. The first-order valence-electron chi connectivity index (χ1n) is 8.51. The highest BCUT2D eigenvalue weighted by molar-refractivity contribution is 7.99. The second-order valence-electron chi connectivity index (χ2n) is 6.10. The third-order valence-electron chi connectivity index (χ3n) is 4.18. The maximum atomic E-state index is 12.6. The van der Waals surface area contributed by atoms with Gasteiger partial charge in [0.2, 0.25) is 5.16 Å². The van der Waals surface area contributed by atoms with Gasteiger partial charge in [-0.2, -0.15) is 0 Å². The van der Waals surface area contributed by atoms with E-state index >= 15 is 0 Å². The molecule has 2 aromatic carbocycles. The summed E-state index contributed by atoms with van der Waals surface area (Å²) in [6.07, 6.45) is 0. The number of aromatic nitrogens is 3. The zero-order chi connectivity index (χ0) is 20.4. The van der Waals surface area contributed by atoms with Gasteiger partial charge in [-0.05, 0) is 17.7 Å². The van der Waals surface area contributed by atoms with Crippen LogP contribution in [-0.4, -0.2) is 31.5 Å². The van der Waals surface area contributed by atoms with Crippen molar-refractivity contribution in [3.05, 3.63) is 75.1 Å². The van der Waals surface area contributed by atoms with E-state index in [0.29, 0.717) is 27.3 Å². The van der Waals surface area contributed by atoms with Gasteiger partial charge in [0.15, 0.2) is 5.82 Å². The maximum absolute atomic E-state index is 12.6. The van der Waals surface area contributed by atoms with E-state index in [1.807, 2.05) is 0 Å². The van der Waals surface area contributed by atoms with Crippen molar-refractivity contribution in [3.63, 3.8) is 0 Å². The highest BCUT2D eigenvalue weighted by Gasteiger charge is 2.29. The van der Waals surface area contributed by atoms with Gasteiger partial charge in [-0.3, -0.25) is 14.9 Å². The van der Waals surface area contributed by atoms with Gasteiger partial charge in [0.1, 0.15) is 12.4 Å². The number of thioether (sulfide) groups is 1. The van der Waals surface area contributed by atoms with Crippen LogP contribution in [0.2, 0.25) is 5.02 Å². The zero-order valence-corrected chi connectivity index (χ0v) is 16.5. The number of carbonyl (C=O) groups excluding carboxylic acids is 1. The molecule has 1 aromatic heterocycles. The third-order valence-corrected chi connectivity index (χ3v) is 5.39. The average molecular weight is 432 g/mol. The molecule has 1 amide bonds. The summed E-state index contributed by atoms with van der Waals surface area (Å²) in [7, 11) is 0. The first-order chi connectivity index (χ1) is 14.0. The Bertz CT molecular complexity index is 1090. The van der Waals surface area contributed by atoms with Crippen LogP contribution in [0.1, 0.15) is 11.4 Å². The van der Waals surface area contributed by atoms with Crippen LogP contribution in [0.15, 0.2) is 53.7 Å². The molecule has 0 atom stereocenters. The van der Waals surface area contributed by atoms with E-state index in [-0.39, 0.29) is 30.5 Å². The van der Waals surface area contributed by atoms with E-state index in [1.165, 1.54) is 28.9 Å². The van der Waals surface area contributed by atoms with Crippen molar-refractivity contribution in [2.45, 2.75) is 18.3 Å². The molecular formula is C18H14ClN5O4S. The number of benzene rings is 2. The molecule has 1 aliphatic rings. The number of rotatable bonds is 6. The molecule has 4 rings (SSSR count). The second-order valence-corrected chi connectivity index (χ2v) is 7.45. The molecule has 0 unspecified atom stereocenters. The summed E-state index contributed by atoms with van der Waals surface area (Å²) in [4.78, 5) is 23.2. The van der Waals surface area contributed by atoms with Gasteiger partial charge in [-0.1, -0.05) is 47.6 Å². The summed E-state index contributed by atoms with van der Waals surface area (Å²) in [6.45, 7) is 0.196. The molecule has 29 heavy (non-hydrogen) atoms. The van der Waals surface area contributed by atoms with Gasteiger partial charge in [-0.25, -0.2) is 9.69 Å². The van der Waals surface area contributed by atoms with Crippen LogP contribution in [0.4, 0.5) is 5.69 Å². The first-order valence-corrected chi connectivity index (χ1v) is 9.87. The Labute approximate surface area is 174 Å². The van der Waals surface area contributed by atoms with E-state index in [9.17, 15) is 14.9 Å². The molecule has 1 aliphatic heterocycles.